The van der Waals surface area contributed by atoms with Crippen LogP contribution < -0.4 is 5.32 Å². The molecule has 17 heavy (non-hydrogen) atoms. The zero-order valence-corrected chi connectivity index (χ0v) is 10.3. The van der Waals surface area contributed by atoms with Crippen LogP contribution >= 0.6 is 34.8 Å². The molecule has 0 saturated carbocycles. The van der Waals surface area contributed by atoms with Gasteiger partial charge in [0.05, 0.1) is 6.61 Å². The Morgan fingerprint density at radius 1 is 1.35 bits per heavy atom. The topological polar surface area (TPSA) is 129 Å². The summed E-state index contributed by atoms with van der Waals surface area (Å²) in [6.45, 7) is -0.763. The van der Waals surface area contributed by atoms with Gasteiger partial charge in [0.2, 0.25) is 11.5 Å². The highest BCUT2D eigenvalue weighted by Crippen LogP contribution is 2.55. The Morgan fingerprint density at radius 3 is 2.24 bits per heavy atom. The van der Waals surface area contributed by atoms with Crippen LogP contribution in [0.3, 0.4) is 0 Å². The molecule has 0 unspecified atom stereocenters. The largest absolute Gasteiger partial charge is 0.393 e. The molecule has 7 nitrogen and oxygen atoms in total. The van der Waals surface area contributed by atoms with E-state index in [9.17, 15) is 20.1 Å². The number of alkyl halides is 3. The van der Waals surface area contributed by atoms with Crippen LogP contribution in [0.5, 0.6) is 0 Å². The number of halogens is 3. The lowest BCUT2D eigenvalue weighted by Gasteiger charge is -2.29. The number of morpholine rings is 1. The summed E-state index contributed by atoms with van der Waals surface area (Å²) in [5, 5.41) is 40.5. The maximum absolute atomic E-state index is 11.7. The number of rotatable bonds is 2. The van der Waals surface area contributed by atoms with Gasteiger partial charge in [0.15, 0.2) is 5.72 Å². The van der Waals surface area contributed by atoms with Crippen LogP contribution in [0.4, 0.5) is 0 Å². The van der Waals surface area contributed by atoms with E-state index in [0.717, 1.165) is 0 Å². The molecule has 0 aromatic carbocycles. The van der Waals surface area contributed by atoms with Gasteiger partial charge in [-0.25, -0.2) is 5.32 Å². The van der Waals surface area contributed by atoms with Crippen LogP contribution in [0, 0.1) is 0 Å². The van der Waals surface area contributed by atoms with Crippen LogP contribution in [0.2, 0.25) is 0 Å². The highest BCUT2D eigenvalue weighted by molar-refractivity contribution is 6.76. The minimum Gasteiger partial charge on any atom is -0.393 e. The van der Waals surface area contributed by atoms with Gasteiger partial charge in [0, 0.05) is 0 Å². The highest BCUT2D eigenvalue weighted by Gasteiger charge is 2.89. The van der Waals surface area contributed by atoms with E-state index in [-0.39, 0.29) is 0 Å². The number of aliphatic hydroxyl groups excluding tert-OH is 1. The van der Waals surface area contributed by atoms with Gasteiger partial charge in [-0.15, -0.1) is 0 Å². The molecule has 0 bridgehead atoms. The molecule has 2 saturated heterocycles. The number of carbonyl (C=O) groups is 1. The fourth-order valence-corrected chi connectivity index (χ4v) is 2.24. The Hall–Kier alpha value is 0.300. The van der Waals surface area contributed by atoms with Gasteiger partial charge in [-0.1, -0.05) is 34.8 Å². The van der Waals surface area contributed by atoms with Crippen molar-refractivity contribution in [1.29, 1.82) is 0 Å². The van der Waals surface area contributed by atoms with Gasteiger partial charge < -0.3 is 25.2 Å². The van der Waals surface area contributed by atoms with Crippen molar-refractivity contribution in [1.82, 2.24) is 5.32 Å². The molecule has 4 atom stereocenters. The average Bonchev–Trinajstić information content (AvgIpc) is 2.72. The SMILES string of the molecule is O=C(C(Cl)(Cl)Cl)[C@]1(O)O[C@H](CO)[C@]2(O)N[C@@]12O. The number of ketones is 1. The Labute approximate surface area is 110 Å². The quantitative estimate of drug-likeness (QED) is 0.294. The normalized spacial score (nSPS) is 49.0. The van der Waals surface area contributed by atoms with E-state index in [0.29, 0.717) is 0 Å². The smallest absolute Gasteiger partial charge is 0.280 e. The van der Waals surface area contributed by atoms with E-state index in [4.69, 9.17) is 44.6 Å². The summed E-state index contributed by atoms with van der Waals surface area (Å²) in [6, 6.07) is 0. The minimum atomic E-state index is -2.96. The molecule has 98 valence electrons. The lowest BCUT2D eigenvalue weighted by atomic mass is 10.0. The van der Waals surface area contributed by atoms with Crippen LogP contribution in [-0.2, 0) is 9.53 Å². The molecule has 2 aliphatic heterocycles. The molecule has 2 rings (SSSR count). The molecule has 0 aromatic rings. The number of aliphatic hydroxyl groups is 4. The molecule has 0 aromatic heterocycles. The number of ether oxygens (including phenoxy) is 1. The third-order valence-electron chi connectivity index (χ3n) is 2.86. The zero-order chi connectivity index (χ0) is 13.3. The first kappa shape index (κ1) is 13.7. The summed E-state index contributed by atoms with van der Waals surface area (Å²) >= 11 is 15.9. The summed E-state index contributed by atoms with van der Waals surface area (Å²) in [5.74, 6) is -4.43. The number of nitrogens with one attached hydrogen (secondary N) is 1. The Bertz CT molecular complexity index is 388. The molecule has 5 N–H and O–H groups in total. The first-order valence-electron chi connectivity index (χ1n) is 4.39. The van der Waals surface area contributed by atoms with Gasteiger partial charge >= 0.3 is 0 Å². The lowest BCUT2D eigenvalue weighted by molar-refractivity contribution is -0.247. The van der Waals surface area contributed by atoms with Gasteiger partial charge in [0.1, 0.15) is 6.10 Å². The first-order chi connectivity index (χ1) is 7.53. The monoisotopic (exact) mass is 307 g/mol. The van der Waals surface area contributed by atoms with Gasteiger partial charge in [0.25, 0.3) is 9.58 Å². The summed E-state index contributed by atoms with van der Waals surface area (Å²) in [7, 11) is 0. The van der Waals surface area contributed by atoms with Crippen molar-refractivity contribution in [3.05, 3.63) is 0 Å². The number of hydrogen-bond acceptors (Lipinski definition) is 7. The van der Waals surface area contributed by atoms with Crippen molar-refractivity contribution in [2.75, 3.05) is 6.61 Å². The van der Waals surface area contributed by atoms with Crippen molar-refractivity contribution in [2.24, 2.45) is 0 Å². The van der Waals surface area contributed by atoms with Crippen LogP contribution in [0.15, 0.2) is 0 Å². The number of fused-ring (bicyclic) bond motifs is 1. The fraction of sp³-hybridized carbons (Fsp3) is 0.857. The summed E-state index contributed by atoms with van der Waals surface area (Å²) in [6.07, 6.45) is -1.44. The van der Waals surface area contributed by atoms with Crippen molar-refractivity contribution in [2.45, 2.75) is 27.1 Å². The second-order valence-electron chi connectivity index (χ2n) is 3.86. The Balaban J connectivity index is 2.39. The lowest BCUT2D eigenvalue weighted by Crippen LogP contribution is -2.58. The van der Waals surface area contributed by atoms with E-state index < -0.39 is 39.5 Å². The highest BCUT2D eigenvalue weighted by atomic mass is 35.6. The van der Waals surface area contributed by atoms with Gasteiger partial charge in [-0.2, -0.15) is 0 Å². The van der Waals surface area contributed by atoms with Gasteiger partial charge in [-0.3, -0.25) is 4.79 Å². The molecule has 0 spiro atoms. The third kappa shape index (κ3) is 1.49. The summed E-state index contributed by atoms with van der Waals surface area (Å²) in [5.41, 5.74) is -4.68. The van der Waals surface area contributed by atoms with E-state index >= 15 is 0 Å². The van der Waals surface area contributed by atoms with Gasteiger partial charge in [-0.05, 0) is 0 Å². The van der Waals surface area contributed by atoms with Crippen molar-refractivity contribution in [3.63, 3.8) is 0 Å². The van der Waals surface area contributed by atoms with Crippen molar-refractivity contribution in [3.8, 4) is 0 Å². The molecular formula is C7H8Cl3NO6. The molecule has 2 aliphatic rings. The molecule has 10 heteroatoms. The van der Waals surface area contributed by atoms with E-state index in [2.05, 4.69) is 0 Å². The van der Waals surface area contributed by atoms with E-state index in [1.165, 1.54) is 0 Å². The predicted molar refractivity (Wildman–Crippen MR) is 55.2 cm³/mol. The first-order valence-corrected chi connectivity index (χ1v) is 5.53. The number of Topliss-reactive ketones (excluding diaryl/α,β-unsaturated/α-hetero) is 1. The Morgan fingerprint density at radius 2 is 1.88 bits per heavy atom. The number of carbonyl (C=O) groups excluding carboxylic acids is 1. The Kier molecular flexibility index (Phi) is 2.78. The minimum absolute atomic E-state index is 0.763. The predicted octanol–water partition coefficient (Wildman–Crippen LogP) is -2.01. The second kappa shape index (κ2) is 3.44. The average molecular weight is 309 g/mol. The summed E-state index contributed by atoms with van der Waals surface area (Å²) < 4.78 is 2.14. The van der Waals surface area contributed by atoms with Crippen molar-refractivity contribution < 1.29 is 30.0 Å². The van der Waals surface area contributed by atoms with Crippen LogP contribution in [-0.4, -0.2) is 59.9 Å². The standard InChI is InChI=1S/C7H8Cl3NO6/c8-6(9,10)3(13)5(15)7(16)4(14,11-7)2(1-12)17-5/h2,11-12,14-16H,1H2/t2-,4-,5+,7+/m1/s1. The molecule has 0 radical (unpaired) electrons. The maximum atomic E-state index is 11.7. The molecular weight excluding hydrogens is 300 g/mol. The van der Waals surface area contributed by atoms with E-state index in [1.807, 2.05) is 5.32 Å². The van der Waals surface area contributed by atoms with E-state index in [1.54, 1.807) is 0 Å². The number of hydrogen-bond donors (Lipinski definition) is 5. The second-order valence-corrected chi connectivity index (χ2v) is 6.14. The fourth-order valence-electron chi connectivity index (χ4n) is 1.86. The maximum Gasteiger partial charge on any atom is 0.280 e. The van der Waals surface area contributed by atoms with Crippen LogP contribution in [0.25, 0.3) is 0 Å². The van der Waals surface area contributed by atoms with Crippen molar-refractivity contribution >= 4 is 40.6 Å². The zero-order valence-electron chi connectivity index (χ0n) is 8.02. The summed E-state index contributed by atoms with van der Waals surface area (Å²) in [4.78, 5) is 11.7. The molecule has 2 fully saturated rings. The molecule has 0 amide bonds. The van der Waals surface area contributed by atoms with Crippen LogP contribution in [0.1, 0.15) is 0 Å². The molecule has 2 heterocycles. The third-order valence-corrected chi connectivity index (χ3v) is 3.38. The molecule has 0 aliphatic carbocycles.